The van der Waals surface area contributed by atoms with Crippen LogP contribution in [0.1, 0.15) is 99.8 Å². The molecule has 58 heavy (non-hydrogen) atoms. The minimum Gasteiger partial charge on any atom is -0.379 e. The fourth-order valence-electron chi connectivity index (χ4n) is 7.34. The first kappa shape index (κ1) is 48.7. The highest BCUT2D eigenvalue weighted by Crippen LogP contribution is 2.29. The number of nitrogens with one attached hydrogen (secondary N) is 2. The Bertz CT molecular complexity index is 1500. The quantitative estimate of drug-likeness (QED) is 0.0905. The standard InChI is InChI=1S/C46H73N5O7/c1-9-11-14-17-35(10-2)29-37(43(54)48-38(22-20-33(3)4)42(53)46(7)32-58-46)30-47-44(55)39(28-34(5)6)49-45(56)40(23-21-36-18-15-12-13-16-19-36)50(8)41(52)31-51-24-26-57-27-25-51/h9,11-18,33-35,37-40H,10,19-32H2,1-8H3,(H,47,55)(H,48,54)(H,49,56)/p+1. The molecular weight excluding hydrogens is 735 g/mol. The third-order valence-corrected chi connectivity index (χ3v) is 11.4. The Hall–Kier alpha value is -3.71. The van der Waals surface area contributed by atoms with Crippen molar-refractivity contribution in [1.29, 1.82) is 0 Å². The summed E-state index contributed by atoms with van der Waals surface area (Å²) >= 11 is 0. The number of rotatable bonds is 25. The molecule has 0 bridgehead atoms. The summed E-state index contributed by atoms with van der Waals surface area (Å²) in [6, 6.07) is -2.26. The second-order valence-corrected chi connectivity index (χ2v) is 17.3. The maximum Gasteiger partial charge on any atom is 0.315 e. The second kappa shape index (κ2) is 25.0. The lowest BCUT2D eigenvalue weighted by molar-refractivity contribution is -0.596. The summed E-state index contributed by atoms with van der Waals surface area (Å²) < 4.78 is 11.0. The molecule has 1 aliphatic carbocycles. The van der Waals surface area contributed by atoms with Gasteiger partial charge in [0.25, 0.3) is 0 Å². The molecule has 12 nitrogen and oxygen atoms in total. The predicted octanol–water partition coefficient (Wildman–Crippen LogP) is 4.43. The van der Waals surface area contributed by atoms with Crippen LogP contribution in [0.2, 0.25) is 0 Å². The van der Waals surface area contributed by atoms with Crippen LogP contribution in [0.25, 0.3) is 0 Å². The van der Waals surface area contributed by atoms with E-state index in [1.165, 1.54) is 4.90 Å². The summed E-state index contributed by atoms with van der Waals surface area (Å²) in [7, 11) is 1.67. The molecule has 2 fully saturated rings. The molecule has 0 aromatic rings. The van der Waals surface area contributed by atoms with Crippen LogP contribution in [0.3, 0.4) is 0 Å². The van der Waals surface area contributed by atoms with Crippen molar-refractivity contribution < 1.29 is 38.8 Å². The number of quaternary nitrogens is 1. The molecule has 0 spiro atoms. The van der Waals surface area contributed by atoms with E-state index in [9.17, 15) is 24.0 Å². The van der Waals surface area contributed by atoms with Gasteiger partial charge in [0.2, 0.25) is 23.5 Å². The first-order valence-corrected chi connectivity index (χ1v) is 21.7. The largest absolute Gasteiger partial charge is 0.379 e. The zero-order chi connectivity index (χ0) is 42.7. The number of likely N-dealkylation sites (N-methyl/N-ethyl adjacent to an activating group) is 1. The number of ether oxygens (including phenoxy) is 2. The molecule has 2 heterocycles. The van der Waals surface area contributed by atoms with Crippen LogP contribution in [-0.4, -0.2) is 116 Å². The van der Waals surface area contributed by atoms with Crippen molar-refractivity contribution in [3.05, 3.63) is 60.3 Å². The lowest BCUT2D eigenvalue weighted by Gasteiger charge is -2.32. The number of primary amides is 1. The van der Waals surface area contributed by atoms with Crippen molar-refractivity contribution >= 4 is 29.4 Å². The van der Waals surface area contributed by atoms with Crippen molar-refractivity contribution in [2.75, 3.05) is 53.0 Å². The summed E-state index contributed by atoms with van der Waals surface area (Å²) in [5, 5.41) is 7.64. The summed E-state index contributed by atoms with van der Waals surface area (Å²) in [4.78, 5) is 73.3. The lowest BCUT2D eigenvalue weighted by Crippen LogP contribution is -2.97. The highest BCUT2D eigenvalue weighted by Gasteiger charge is 2.52. The smallest absolute Gasteiger partial charge is 0.315 e. The number of morpholine rings is 1. The van der Waals surface area contributed by atoms with E-state index in [2.05, 4.69) is 49.6 Å². The molecule has 6 unspecified atom stereocenters. The normalized spacial score (nSPS) is 21.0. The molecule has 3 rings (SSSR count). The molecule has 12 heteroatoms. The van der Waals surface area contributed by atoms with Gasteiger partial charge in [0.1, 0.15) is 12.1 Å². The van der Waals surface area contributed by atoms with Crippen molar-refractivity contribution in [2.24, 2.45) is 23.7 Å². The van der Waals surface area contributed by atoms with E-state index in [4.69, 9.17) is 9.47 Å². The monoisotopic (exact) mass is 809 g/mol. The number of nitrogens with zero attached hydrogens (tertiary/aromatic N) is 2. The molecule has 2 saturated heterocycles. The molecular formula is C46H74N5O7+. The number of Topliss-reactive ketones (excluding diaryl/α,β-unsaturated/α-hetero) is 1. The Labute approximate surface area is 348 Å². The molecule has 6 atom stereocenters. The number of ketones is 1. The van der Waals surface area contributed by atoms with Crippen LogP contribution in [-0.2, 0) is 33.4 Å². The number of hydrogen-bond acceptors (Lipinski definition) is 8. The van der Waals surface area contributed by atoms with E-state index in [0.29, 0.717) is 70.9 Å². The van der Waals surface area contributed by atoms with Gasteiger partial charge < -0.3 is 25.0 Å². The number of epoxide rings is 1. The number of allylic oxidation sites excluding steroid dienone is 10. The Morgan fingerprint density at radius 1 is 0.966 bits per heavy atom. The molecule has 0 saturated carbocycles. The summed E-state index contributed by atoms with van der Waals surface area (Å²) in [5.41, 5.74) is 0.296. The topological polar surface area (TPSA) is 154 Å². The van der Waals surface area contributed by atoms with Gasteiger partial charge in [-0.2, -0.15) is 0 Å². The molecule has 0 radical (unpaired) electrons. The minimum absolute atomic E-state index is 0.0575. The maximum atomic E-state index is 14.3. The molecule has 3 aliphatic rings. The van der Waals surface area contributed by atoms with Crippen LogP contribution in [0.15, 0.2) is 60.3 Å². The molecule has 4 N–H and O–H groups in total. The van der Waals surface area contributed by atoms with Crippen molar-refractivity contribution in [3.63, 3.8) is 0 Å². The summed E-state index contributed by atoms with van der Waals surface area (Å²) in [6.45, 7) is 17.0. The van der Waals surface area contributed by atoms with Gasteiger partial charge in [-0.25, -0.2) is 4.79 Å². The summed E-state index contributed by atoms with van der Waals surface area (Å²) in [6.07, 6.45) is 22.8. The summed E-state index contributed by atoms with van der Waals surface area (Å²) in [5.74, 6) is -1.28. The van der Waals surface area contributed by atoms with Crippen LogP contribution in [0.5, 0.6) is 0 Å². The zero-order valence-electron chi connectivity index (χ0n) is 36.7. The number of hydrogen-bond donors (Lipinski definition) is 3. The van der Waals surface area contributed by atoms with Gasteiger partial charge in [-0.05, 0) is 76.5 Å². The highest BCUT2D eigenvalue weighted by atomic mass is 16.6. The third kappa shape index (κ3) is 16.9. The van der Waals surface area contributed by atoms with Crippen molar-refractivity contribution in [3.8, 4) is 0 Å². The van der Waals surface area contributed by atoms with Gasteiger partial charge in [0.15, 0.2) is 11.6 Å². The average Bonchev–Trinajstić information content (AvgIpc) is 4.00. The van der Waals surface area contributed by atoms with Gasteiger partial charge in [-0.1, -0.05) is 94.9 Å². The van der Waals surface area contributed by atoms with E-state index in [1.807, 2.05) is 62.1 Å². The first-order valence-electron chi connectivity index (χ1n) is 21.7. The SMILES string of the molecule is CC=CC=CC(CC)CC(CNC(=O)C(CC(C)C)NC(=O)C(CCC1=CC=CC=CC1)N(C)C(=O)CN1CCOCC1)C(=O)[NH2+]C(CCC(C)C)C(=O)C1(C)CO1. The number of carbonyl (C=O) groups is 5. The van der Waals surface area contributed by atoms with E-state index in [0.717, 1.165) is 24.8 Å². The van der Waals surface area contributed by atoms with Crippen LogP contribution in [0, 0.1) is 23.7 Å². The molecule has 0 aromatic heterocycles. The Morgan fingerprint density at radius 3 is 2.33 bits per heavy atom. The predicted molar refractivity (Wildman–Crippen MR) is 228 cm³/mol. The highest BCUT2D eigenvalue weighted by molar-refractivity contribution is 5.94. The fraction of sp³-hybridized carbons (Fsp3) is 0.674. The van der Waals surface area contributed by atoms with Gasteiger partial charge in [-0.15, -0.1) is 0 Å². The minimum atomic E-state index is -0.885. The van der Waals surface area contributed by atoms with E-state index in [1.54, 1.807) is 19.3 Å². The van der Waals surface area contributed by atoms with Crippen molar-refractivity contribution in [2.45, 2.75) is 124 Å². The molecule has 324 valence electrons. The third-order valence-electron chi connectivity index (χ3n) is 11.4. The molecule has 2 aliphatic heterocycles. The van der Waals surface area contributed by atoms with E-state index in [-0.39, 0.29) is 54.3 Å². The van der Waals surface area contributed by atoms with Gasteiger partial charge >= 0.3 is 5.91 Å². The van der Waals surface area contributed by atoms with Crippen LogP contribution < -0.4 is 16.0 Å². The van der Waals surface area contributed by atoms with Crippen LogP contribution in [0.4, 0.5) is 0 Å². The number of amides is 4. The lowest BCUT2D eigenvalue weighted by atomic mass is 9.89. The second-order valence-electron chi connectivity index (χ2n) is 17.3. The van der Waals surface area contributed by atoms with Gasteiger partial charge in [0.05, 0.1) is 32.3 Å². The first-order chi connectivity index (χ1) is 27.7. The van der Waals surface area contributed by atoms with Crippen molar-refractivity contribution in [1.82, 2.24) is 20.4 Å². The van der Waals surface area contributed by atoms with Gasteiger partial charge in [0, 0.05) is 33.1 Å². The number of carbonyl (C=O) groups excluding carboxylic acids is 5. The number of nitrogens with two attached hydrogens (primary N) is 1. The average molecular weight is 809 g/mol. The Kier molecular flexibility index (Phi) is 21.0. The van der Waals surface area contributed by atoms with Crippen LogP contribution >= 0.6 is 0 Å². The molecule has 0 aromatic carbocycles. The fourth-order valence-corrected chi connectivity index (χ4v) is 7.34. The van der Waals surface area contributed by atoms with E-state index >= 15 is 0 Å². The maximum absolute atomic E-state index is 14.3. The Morgan fingerprint density at radius 2 is 1.69 bits per heavy atom. The molecule has 4 amide bonds. The van der Waals surface area contributed by atoms with Gasteiger partial charge in [-0.3, -0.25) is 29.4 Å². The van der Waals surface area contributed by atoms with E-state index < -0.39 is 29.6 Å². The zero-order valence-corrected chi connectivity index (χ0v) is 36.7. The Balaban J connectivity index is 1.82.